The summed E-state index contributed by atoms with van der Waals surface area (Å²) in [5.41, 5.74) is 1.87. The van der Waals surface area contributed by atoms with E-state index in [-0.39, 0.29) is 13.1 Å². The molecule has 0 aromatic heterocycles. The lowest BCUT2D eigenvalue weighted by Crippen LogP contribution is -2.56. The van der Waals surface area contributed by atoms with Crippen LogP contribution in [0, 0.1) is 0 Å². The Hall–Kier alpha value is -2.67. The van der Waals surface area contributed by atoms with Crippen LogP contribution in [0.1, 0.15) is 17.5 Å². The highest BCUT2D eigenvalue weighted by Gasteiger charge is 2.42. The Labute approximate surface area is 153 Å². The monoisotopic (exact) mass is 372 g/mol. The van der Waals surface area contributed by atoms with E-state index in [9.17, 15) is 18.0 Å². The van der Waals surface area contributed by atoms with Crippen LogP contribution in [0.2, 0.25) is 0 Å². The minimum absolute atomic E-state index is 0.0281. The van der Waals surface area contributed by atoms with Crippen LogP contribution in [0.5, 0.6) is 0 Å². The Morgan fingerprint density at radius 2 is 1.08 bits per heavy atom. The number of carbonyl (C=O) groups excluding carboxylic acids is 2. The highest BCUT2D eigenvalue weighted by atomic mass is 32.2. The lowest BCUT2D eigenvalue weighted by Gasteiger charge is -2.34. The Kier molecular flexibility index (Phi) is 5.37. The second kappa shape index (κ2) is 7.70. The molecular weight excluding hydrogens is 352 g/mol. The van der Waals surface area contributed by atoms with Gasteiger partial charge in [0.2, 0.25) is 11.8 Å². The summed E-state index contributed by atoms with van der Waals surface area (Å²) in [7, 11) is -4.14. The highest BCUT2D eigenvalue weighted by Crippen LogP contribution is 2.20. The van der Waals surface area contributed by atoms with Crippen molar-refractivity contribution in [1.82, 2.24) is 8.61 Å². The van der Waals surface area contributed by atoms with Crippen LogP contribution >= 0.6 is 0 Å². The van der Waals surface area contributed by atoms with Crippen LogP contribution in [-0.2, 0) is 32.6 Å². The largest absolute Gasteiger partial charge is 0.330 e. The van der Waals surface area contributed by atoms with Crippen molar-refractivity contribution in [2.24, 2.45) is 0 Å². The number of hydrogen-bond donors (Lipinski definition) is 0. The van der Waals surface area contributed by atoms with E-state index >= 15 is 0 Å². The number of benzene rings is 2. The molecule has 0 spiro atoms. The van der Waals surface area contributed by atoms with Crippen molar-refractivity contribution in [3.8, 4) is 0 Å². The lowest BCUT2D eigenvalue weighted by molar-refractivity contribution is -0.138. The zero-order chi connectivity index (χ0) is 18.6. The van der Waals surface area contributed by atoms with E-state index in [1.165, 1.54) is 0 Å². The average molecular weight is 372 g/mol. The second-order valence-electron chi connectivity index (χ2n) is 6.09. The fourth-order valence-corrected chi connectivity index (χ4v) is 4.44. The van der Waals surface area contributed by atoms with E-state index in [1.807, 2.05) is 60.7 Å². The molecule has 26 heavy (non-hydrogen) atoms. The average Bonchev–Trinajstić information content (AvgIpc) is 2.62. The smallest absolute Gasteiger partial charge is 0.273 e. The third-order valence-electron chi connectivity index (χ3n) is 4.31. The molecule has 2 aromatic carbocycles. The van der Waals surface area contributed by atoms with Gasteiger partial charge in [0.25, 0.3) is 0 Å². The van der Waals surface area contributed by atoms with Crippen LogP contribution in [0.25, 0.3) is 0 Å². The molecule has 0 saturated carbocycles. The van der Waals surface area contributed by atoms with Gasteiger partial charge < -0.3 is 0 Å². The predicted molar refractivity (Wildman–Crippen MR) is 97.3 cm³/mol. The number of hydrogen-bond acceptors (Lipinski definition) is 4. The topological polar surface area (TPSA) is 74.8 Å². The molecule has 0 N–H and O–H groups in total. The minimum Gasteiger partial charge on any atom is -0.273 e. The SMILES string of the molecule is O=C1CC(=O)N(CCc2ccccc2)S(=O)(=O)N1CCc1ccccc1. The van der Waals surface area contributed by atoms with Crippen molar-refractivity contribution >= 4 is 22.0 Å². The Balaban J connectivity index is 1.73. The highest BCUT2D eigenvalue weighted by molar-refractivity contribution is 7.88. The second-order valence-corrected chi connectivity index (χ2v) is 7.86. The van der Waals surface area contributed by atoms with Gasteiger partial charge in [-0.05, 0) is 24.0 Å². The molecule has 1 aliphatic heterocycles. The molecule has 3 rings (SSSR count). The summed E-state index contributed by atoms with van der Waals surface area (Å²) in [5, 5.41) is 0. The molecule has 0 bridgehead atoms. The molecule has 7 heteroatoms. The van der Waals surface area contributed by atoms with Crippen LogP contribution in [-0.4, -0.2) is 41.9 Å². The third kappa shape index (κ3) is 3.94. The van der Waals surface area contributed by atoms with E-state index < -0.39 is 28.4 Å². The lowest BCUT2D eigenvalue weighted by atomic mass is 10.1. The maximum Gasteiger partial charge on any atom is 0.330 e. The van der Waals surface area contributed by atoms with Crippen molar-refractivity contribution in [2.75, 3.05) is 13.1 Å². The standard InChI is InChI=1S/C19H20N2O4S/c22-18-15-19(23)21(14-12-17-9-5-2-6-10-17)26(24,25)20(18)13-11-16-7-3-1-4-8-16/h1-10H,11-15H2. The first kappa shape index (κ1) is 18.1. The van der Waals surface area contributed by atoms with Crippen molar-refractivity contribution in [1.29, 1.82) is 0 Å². The van der Waals surface area contributed by atoms with Crippen molar-refractivity contribution < 1.29 is 18.0 Å². The van der Waals surface area contributed by atoms with Gasteiger partial charge in [-0.3, -0.25) is 9.59 Å². The van der Waals surface area contributed by atoms with Gasteiger partial charge >= 0.3 is 10.2 Å². The van der Waals surface area contributed by atoms with Crippen molar-refractivity contribution in [3.63, 3.8) is 0 Å². The summed E-state index contributed by atoms with van der Waals surface area (Å²) in [6, 6.07) is 18.7. The minimum atomic E-state index is -4.14. The van der Waals surface area contributed by atoms with E-state index in [0.29, 0.717) is 12.8 Å². The molecule has 0 radical (unpaired) electrons. The molecule has 6 nitrogen and oxygen atoms in total. The van der Waals surface area contributed by atoms with E-state index in [0.717, 1.165) is 19.7 Å². The number of rotatable bonds is 6. The predicted octanol–water partition coefficient (Wildman–Crippen LogP) is 1.78. The van der Waals surface area contributed by atoms with Gasteiger partial charge in [0.05, 0.1) is 0 Å². The molecule has 1 heterocycles. The molecule has 1 fully saturated rings. The summed E-state index contributed by atoms with van der Waals surface area (Å²) in [5.74, 6) is -1.33. The molecule has 1 saturated heterocycles. The molecule has 0 atom stereocenters. The van der Waals surface area contributed by atoms with E-state index in [4.69, 9.17) is 0 Å². The first-order valence-electron chi connectivity index (χ1n) is 8.42. The van der Waals surface area contributed by atoms with Crippen molar-refractivity contribution in [2.45, 2.75) is 19.3 Å². The quantitative estimate of drug-likeness (QED) is 0.725. The van der Waals surface area contributed by atoms with Crippen molar-refractivity contribution in [3.05, 3.63) is 71.8 Å². The Bertz CT molecular complexity index is 815. The number of nitrogens with zero attached hydrogens (tertiary/aromatic N) is 2. The molecule has 1 aliphatic rings. The van der Waals surface area contributed by atoms with E-state index in [2.05, 4.69) is 0 Å². The summed E-state index contributed by atoms with van der Waals surface area (Å²) < 4.78 is 27.2. The fourth-order valence-electron chi connectivity index (χ4n) is 2.91. The van der Waals surface area contributed by atoms with Crippen LogP contribution in [0.4, 0.5) is 0 Å². The number of carbonyl (C=O) groups is 2. The van der Waals surface area contributed by atoms with Gasteiger partial charge in [-0.25, -0.2) is 8.61 Å². The summed E-state index contributed by atoms with van der Waals surface area (Å²) in [6.45, 7) is 0.0561. The molecule has 0 unspecified atom stereocenters. The maximum atomic E-state index is 12.8. The normalized spacial score (nSPS) is 16.8. The third-order valence-corrected chi connectivity index (χ3v) is 6.20. The van der Waals surface area contributed by atoms with Gasteiger partial charge in [-0.2, -0.15) is 8.42 Å². The Morgan fingerprint density at radius 1 is 0.692 bits per heavy atom. The van der Waals surface area contributed by atoms with Gasteiger partial charge in [0.1, 0.15) is 6.42 Å². The zero-order valence-electron chi connectivity index (χ0n) is 14.2. The molecule has 136 valence electrons. The van der Waals surface area contributed by atoms with Gasteiger partial charge in [-0.1, -0.05) is 60.7 Å². The summed E-state index contributed by atoms with van der Waals surface area (Å²) >= 11 is 0. The summed E-state index contributed by atoms with van der Waals surface area (Å²) in [6.07, 6.45) is 0.405. The molecule has 2 aromatic rings. The fraction of sp³-hybridized carbons (Fsp3) is 0.263. The maximum absolute atomic E-state index is 12.8. The number of amides is 2. The van der Waals surface area contributed by atoms with Gasteiger partial charge in [0, 0.05) is 13.1 Å². The van der Waals surface area contributed by atoms with E-state index in [1.54, 1.807) is 0 Å². The Morgan fingerprint density at radius 3 is 1.46 bits per heavy atom. The van der Waals surface area contributed by atoms with Gasteiger partial charge in [0.15, 0.2) is 0 Å². The molecule has 0 aliphatic carbocycles. The van der Waals surface area contributed by atoms with Crippen LogP contribution in [0.15, 0.2) is 60.7 Å². The molecule has 2 amide bonds. The van der Waals surface area contributed by atoms with Crippen LogP contribution in [0.3, 0.4) is 0 Å². The summed E-state index contributed by atoms with van der Waals surface area (Å²) in [4.78, 5) is 24.3. The zero-order valence-corrected chi connectivity index (χ0v) is 15.1. The van der Waals surface area contributed by atoms with Crippen LogP contribution < -0.4 is 0 Å². The first-order chi connectivity index (χ1) is 12.5. The van der Waals surface area contributed by atoms with Gasteiger partial charge in [-0.15, -0.1) is 0 Å². The molecular formula is C19H20N2O4S. The first-order valence-corrected chi connectivity index (χ1v) is 9.82.